The average Bonchev–Trinajstić information content (AvgIpc) is 3.12. The molecular formula is C22H28N3O3S+. The Kier molecular flexibility index (Phi) is 6.71. The summed E-state index contributed by atoms with van der Waals surface area (Å²) in [7, 11) is 7.37. The second-order valence-corrected chi connectivity index (χ2v) is 8.31. The molecule has 0 radical (unpaired) electrons. The summed E-state index contributed by atoms with van der Waals surface area (Å²) in [5, 5.41) is 0.721. The fourth-order valence-corrected chi connectivity index (χ4v) is 4.22. The number of carbonyl (C=O) groups excluding carboxylic acids is 1. The SMILES string of the molecule is COc1ccc(C(=O)N(CCC[NH+](C)C)c2nc3ccc(C)cc3s2)cc1OC. The second kappa shape index (κ2) is 9.24. The predicted molar refractivity (Wildman–Crippen MR) is 118 cm³/mol. The number of nitrogens with zero attached hydrogens (tertiary/aromatic N) is 2. The Morgan fingerprint density at radius 1 is 1.10 bits per heavy atom. The molecule has 2 aromatic carbocycles. The van der Waals surface area contributed by atoms with Crippen molar-refractivity contribution in [3.63, 3.8) is 0 Å². The van der Waals surface area contributed by atoms with Crippen LogP contribution in [0.1, 0.15) is 22.3 Å². The number of aromatic nitrogens is 1. The Morgan fingerprint density at radius 2 is 1.86 bits per heavy atom. The molecule has 154 valence electrons. The van der Waals surface area contributed by atoms with Crippen LogP contribution in [-0.2, 0) is 0 Å². The maximum absolute atomic E-state index is 13.4. The van der Waals surface area contributed by atoms with Gasteiger partial charge >= 0.3 is 0 Å². The maximum Gasteiger partial charge on any atom is 0.260 e. The van der Waals surface area contributed by atoms with E-state index in [9.17, 15) is 4.79 Å². The molecule has 0 aliphatic carbocycles. The number of aryl methyl sites for hydroxylation is 1. The third kappa shape index (κ3) is 4.86. The zero-order valence-electron chi connectivity index (χ0n) is 17.6. The first-order chi connectivity index (χ1) is 13.9. The third-order valence-corrected chi connectivity index (χ3v) is 5.74. The lowest BCUT2D eigenvalue weighted by Gasteiger charge is -2.21. The molecule has 1 heterocycles. The van der Waals surface area contributed by atoms with Gasteiger partial charge in [0, 0.05) is 18.5 Å². The fraction of sp³-hybridized carbons (Fsp3) is 0.364. The van der Waals surface area contributed by atoms with Gasteiger partial charge in [0.15, 0.2) is 16.6 Å². The summed E-state index contributed by atoms with van der Waals surface area (Å²) in [6.07, 6.45) is 0.885. The normalized spacial score (nSPS) is 11.1. The molecule has 7 heteroatoms. The van der Waals surface area contributed by atoms with E-state index in [4.69, 9.17) is 14.5 Å². The Hall–Kier alpha value is -2.64. The molecular weight excluding hydrogens is 386 g/mol. The molecule has 0 spiro atoms. The molecule has 1 N–H and O–H groups in total. The molecule has 0 atom stereocenters. The van der Waals surface area contributed by atoms with E-state index in [0.717, 1.165) is 28.3 Å². The van der Waals surface area contributed by atoms with E-state index in [-0.39, 0.29) is 5.91 Å². The molecule has 0 bridgehead atoms. The number of thiazole rings is 1. The van der Waals surface area contributed by atoms with Gasteiger partial charge in [0.05, 0.1) is 45.1 Å². The standard InChI is InChI=1S/C22H27N3O3S/c1-15-7-9-17-20(13-15)29-22(23-17)25(12-6-11-24(2)3)21(26)16-8-10-18(27-4)19(14-16)28-5/h7-10,13-14H,6,11-12H2,1-5H3/p+1. The van der Waals surface area contributed by atoms with Crippen LogP contribution in [0.2, 0.25) is 0 Å². The Balaban J connectivity index is 1.96. The predicted octanol–water partition coefficient (Wildman–Crippen LogP) is 2.80. The molecule has 1 amide bonds. The van der Waals surface area contributed by atoms with E-state index in [1.807, 2.05) is 12.1 Å². The number of hydrogen-bond donors (Lipinski definition) is 1. The smallest absolute Gasteiger partial charge is 0.260 e. The van der Waals surface area contributed by atoms with Gasteiger partial charge in [-0.05, 0) is 42.8 Å². The van der Waals surface area contributed by atoms with E-state index < -0.39 is 0 Å². The first kappa shape index (κ1) is 21.1. The summed E-state index contributed by atoms with van der Waals surface area (Å²) < 4.78 is 11.8. The summed E-state index contributed by atoms with van der Waals surface area (Å²) in [6, 6.07) is 11.4. The van der Waals surface area contributed by atoms with Crippen LogP contribution in [0.3, 0.4) is 0 Å². The molecule has 0 unspecified atom stereocenters. The van der Waals surface area contributed by atoms with Crippen molar-refractivity contribution in [2.75, 3.05) is 46.3 Å². The van der Waals surface area contributed by atoms with Crippen LogP contribution in [-0.4, -0.2) is 52.3 Å². The van der Waals surface area contributed by atoms with Gasteiger partial charge in [0.25, 0.3) is 5.91 Å². The fourth-order valence-electron chi connectivity index (χ4n) is 3.13. The van der Waals surface area contributed by atoms with E-state index in [1.54, 1.807) is 48.7 Å². The Morgan fingerprint density at radius 3 is 2.55 bits per heavy atom. The number of benzene rings is 2. The van der Waals surface area contributed by atoms with Crippen molar-refractivity contribution in [1.82, 2.24) is 4.98 Å². The van der Waals surface area contributed by atoms with E-state index in [0.29, 0.717) is 23.6 Å². The van der Waals surface area contributed by atoms with Crippen molar-refractivity contribution in [2.24, 2.45) is 0 Å². The van der Waals surface area contributed by atoms with E-state index >= 15 is 0 Å². The van der Waals surface area contributed by atoms with Crippen LogP contribution in [0.15, 0.2) is 36.4 Å². The number of quaternary nitrogens is 1. The van der Waals surface area contributed by atoms with Crippen molar-refractivity contribution >= 4 is 32.6 Å². The first-order valence-corrected chi connectivity index (χ1v) is 10.4. The summed E-state index contributed by atoms with van der Waals surface area (Å²) in [6.45, 7) is 3.64. The van der Waals surface area contributed by atoms with Gasteiger partial charge in [-0.15, -0.1) is 0 Å². The van der Waals surface area contributed by atoms with Crippen molar-refractivity contribution < 1.29 is 19.2 Å². The molecule has 1 aromatic heterocycles. The number of fused-ring (bicyclic) bond motifs is 1. The van der Waals surface area contributed by atoms with Gasteiger partial charge in [-0.1, -0.05) is 17.4 Å². The highest BCUT2D eigenvalue weighted by Gasteiger charge is 2.22. The summed E-state index contributed by atoms with van der Waals surface area (Å²) in [4.78, 5) is 21.3. The zero-order chi connectivity index (χ0) is 21.0. The maximum atomic E-state index is 13.4. The molecule has 3 rings (SSSR count). The monoisotopic (exact) mass is 414 g/mol. The number of amides is 1. The number of hydrogen-bond acceptors (Lipinski definition) is 5. The molecule has 0 saturated carbocycles. The van der Waals surface area contributed by atoms with Crippen LogP contribution < -0.4 is 19.3 Å². The number of methoxy groups -OCH3 is 2. The first-order valence-electron chi connectivity index (χ1n) is 9.63. The van der Waals surface area contributed by atoms with Crippen LogP contribution >= 0.6 is 11.3 Å². The molecule has 3 aromatic rings. The minimum absolute atomic E-state index is 0.0875. The highest BCUT2D eigenvalue weighted by atomic mass is 32.1. The lowest BCUT2D eigenvalue weighted by Crippen LogP contribution is -3.05. The van der Waals surface area contributed by atoms with Crippen molar-refractivity contribution in [3.8, 4) is 11.5 Å². The second-order valence-electron chi connectivity index (χ2n) is 7.30. The van der Waals surface area contributed by atoms with Crippen molar-refractivity contribution in [2.45, 2.75) is 13.3 Å². The van der Waals surface area contributed by atoms with Gasteiger partial charge in [-0.2, -0.15) is 0 Å². The van der Waals surface area contributed by atoms with E-state index in [2.05, 4.69) is 27.1 Å². The van der Waals surface area contributed by atoms with Gasteiger partial charge in [0.2, 0.25) is 0 Å². The number of anilines is 1. The highest BCUT2D eigenvalue weighted by Crippen LogP contribution is 2.32. The van der Waals surface area contributed by atoms with Crippen LogP contribution in [0, 0.1) is 6.92 Å². The number of nitrogens with one attached hydrogen (secondary N) is 1. The van der Waals surface area contributed by atoms with Crippen molar-refractivity contribution in [3.05, 3.63) is 47.5 Å². The average molecular weight is 415 g/mol. The van der Waals surface area contributed by atoms with Crippen LogP contribution in [0.5, 0.6) is 11.5 Å². The Bertz CT molecular complexity index is 1000. The molecule has 0 saturated heterocycles. The minimum Gasteiger partial charge on any atom is -0.493 e. The number of rotatable bonds is 8. The van der Waals surface area contributed by atoms with Crippen LogP contribution in [0.25, 0.3) is 10.2 Å². The van der Waals surface area contributed by atoms with Crippen molar-refractivity contribution in [1.29, 1.82) is 0 Å². The van der Waals surface area contributed by atoms with Crippen LogP contribution in [0.4, 0.5) is 5.13 Å². The number of carbonyl (C=O) groups is 1. The van der Waals surface area contributed by atoms with E-state index in [1.165, 1.54) is 10.5 Å². The summed E-state index contributed by atoms with van der Waals surface area (Å²) in [5.74, 6) is 1.05. The molecule has 0 aliphatic heterocycles. The topological polar surface area (TPSA) is 56.1 Å². The highest BCUT2D eigenvalue weighted by molar-refractivity contribution is 7.22. The van der Waals surface area contributed by atoms with Gasteiger partial charge in [-0.3, -0.25) is 9.69 Å². The third-order valence-electron chi connectivity index (χ3n) is 4.70. The Labute approximate surface area is 175 Å². The molecule has 6 nitrogen and oxygen atoms in total. The minimum atomic E-state index is -0.0875. The molecule has 0 fully saturated rings. The molecule has 0 aliphatic rings. The largest absolute Gasteiger partial charge is 0.493 e. The lowest BCUT2D eigenvalue weighted by molar-refractivity contribution is -0.858. The van der Waals surface area contributed by atoms with Gasteiger partial charge < -0.3 is 14.4 Å². The summed E-state index contributed by atoms with van der Waals surface area (Å²) >= 11 is 1.55. The van der Waals surface area contributed by atoms with Gasteiger partial charge in [0.1, 0.15) is 0 Å². The quantitative estimate of drug-likeness (QED) is 0.616. The summed E-state index contributed by atoms with van der Waals surface area (Å²) in [5.41, 5.74) is 2.65. The number of ether oxygens (including phenoxy) is 2. The molecule has 29 heavy (non-hydrogen) atoms. The van der Waals surface area contributed by atoms with Gasteiger partial charge in [-0.25, -0.2) is 4.98 Å². The lowest BCUT2D eigenvalue weighted by atomic mass is 10.1. The zero-order valence-corrected chi connectivity index (χ0v) is 18.4.